The largest absolute Gasteiger partial charge is 0.416 e. The average molecular weight is 585 g/mol. The van der Waals surface area contributed by atoms with Crippen LogP contribution in [-0.2, 0) is 27.7 Å². The molecule has 0 bridgehead atoms. The van der Waals surface area contributed by atoms with Crippen LogP contribution in [0.15, 0.2) is 42.5 Å². The summed E-state index contributed by atoms with van der Waals surface area (Å²) in [5.41, 5.74) is -0.317. The van der Waals surface area contributed by atoms with Gasteiger partial charge in [0.25, 0.3) is 0 Å². The summed E-state index contributed by atoms with van der Waals surface area (Å²) in [7, 11) is 1.66. The molecule has 2 fully saturated rings. The molecule has 0 saturated carbocycles. The molecule has 0 spiro atoms. The summed E-state index contributed by atoms with van der Waals surface area (Å²) in [6.07, 6.45) is -0.485. The minimum Gasteiger partial charge on any atom is -0.341 e. The monoisotopic (exact) mass is 583 g/mol. The third-order valence-electron chi connectivity index (χ3n) is 8.11. The standard InChI is InChI=1S/C29H34Cl2F3N3O2/c1-28(22-9-10-24(30)25(31)18-22,13-17-36-15-11-23(12-16-36)37-14-3-4-26(37)38)27(39)35(2)19-20-5-7-21(8-6-20)29(32,33)34/h5-10,18,23H,3-4,11-17,19H2,1-2H3. The van der Waals surface area contributed by atoms with E-state index in [1.807, 2.05) is 17.9 Å². The van der Waals surface area contributed by atoms with Crippen molar-refractivity contribution in [1.29, 1.82) is 0 Å². The Kier molecular flexibility index (Phi) is 9.19. The molecule has 2 aliphatic heterocycles. The van der Waals surface area contributed by atoms with Gasteiger partial charge in [0, 0.05) is 45.7 Å². The number of hydrogen-bond donors (Lipinski definition) is 0. The lowest BCUT2D eigenvalue weighted by Gasteiger charge is -2.39. The maximum Gasteiger partial charge on any atom is 0.416 e. The van der Waals surface area contributed by atoms with E-state index in [0.29, 0.717) is 35.0 Å². The van der Waals surface area contributed by atoms with Crippen LogP contribution in [0.1, 0.15) is 55.7 Å². The first-order valence-electron chi connectivity index (χ1n) is 13.3. The Morgan fingerprint density at radius 2 is 1.64 bits per heavy atom. The first kappa shape index (κ1) is 29.7. The first-order chi connectivity index (χ1) is 18.4. The van der Waals surface area contributed by atoms with Gasteiger partial charge in [0.1, 0.15) is 0 Å². The zero-order chi connectivity index (χ0) is 28.4. The normalized spacial score (nSPS) is 18.8. The van der Waals surface area contributed by atoms with E-state index in [1.165, 1.54) is 12.1 Å². The summed E-state index contributed by atoms with van der Waals surface area (Å²) in [4.78, 5) is 32.0. The SMILES string of the molecule is CN(Cc1ccc(C(F)(F)F)cc1)C(=O)C(C)(CCN1CCC(N2CCCC2=O)CC1)c1ccc(Cl)c(Cl)c1. The third kappa shape index (κ3) is 6.90. The Balaban J connectivity index is 1.46. The highest BCUT2D eigenvalue weighted by atomic mass is 35.5. The number of amides is 2. The van der Waals surface area contributed by atoms with Gasteiger partial charge in [-0.1, -0.05) is 41.4 Å². The minimum absolute atomic E-state index is 0.154. The lowest BCUT2D eigenvalue weighted by Crippen LogP contribution is -2.48. The quantitative estimate of drug-likeness (QED) is 0.361. The number of rotatable bonds is 8. The number of hydrogen-bond acceptors (Lipinski definition) is 3. The first-order valence-corrected chi connectivity index (χ1v) is 14.0. The molecule has 1 unspecified atom stereocenters. The van der Waals surface area contributed by atoms with Crippen LogP contribution in [0.2, 0.25) is 10.0 Å². The van der Waals surface area contributed by atoms with E-state index < -0.39 is 17.2 Å². The summed E-state index contributed by atoms with van der Waals surface area (Å²) < 4.78 is 38.9. The number of piperidine rings is 1. The molecule has 0 N–H and O–H groups in total. The average Bonchev–Trinajstić information content (AvgIpc) is 3.34. The highest BCUT2D eigenvalue weighted by molar-refractivity contribution is 6.42. The molecule has 0 radical (unpaired) electrons. The summed E-state index contributed by atoms with van der Waals surface area (Å²) in [6, 6.07) is 10.4. The topological polar surface area (TPSA) is 43.9 Å². The van der Waals surface area contributed by atoms with E-state index >= 15 is 0 Å². The molecule has 2 saturated heterocycles. The maximum atomic E-state index is 13.9. The summed E-state index contributed by atoms with van der Waals surface area (Å²) >= 11 is 12.5. The van der Waals surface area contributed by atoms with Gasteiger partial charge in [-0.2, -0.15) is 13.2 Å². The number of alkyl halides is 3. The minimum atomic E-state index is -4.41. The van der Waals surface area contributed by atoms with Crippen molar-refractivity contribution in [3.05, 3.63) is 69.2 Å². The van der Waals surface area contributed by atoms with Crippen LogP contribution in [0, 0.1) is 0 Å². The highest BCUT2D eigenvalue weighted by Crippen LogP contribution is 2.35. The fraction of sp³-hybridized carbons (Fsp3) is 0.517. The Labute approximate surface area is 237 Å². The van der Waals surface area contributed by atoms with Gasteiger partial charge in [0.15, 0.2) is 0 Å². The summed E-state index contributed by atoms with van der Waals surface area (Å²) in [5, 5.41) is 0.751. The lowest BCUT2D eigenvalue weighted by atomic mass is 9.77. The van der Waals surface area contributed by atoms with Crippen LogP contribution in [0.4, 0.5) is 13.2 Å². The molecule has 4 rings (SSSR count). The number of carbonyl (C=O) groups is 2. The van der Waals surface area contributed by atoms with Crippen LogP contribution in [0.5, 0.6) is 0 Å². The zero-order valence-corrected chi connectivity index (χ0v) is 23.7. The van der Waals surface area contributed by atoms with Gasteiger partial charge in [-0.25, -0.2) is 0 Å². The van der Waals surface area contributed by atoms with Gasteiger partial charge in [-0.15, -0.1) is 0 Å². The Morgan fingerprint density at radius 1 is 1.00 bits per heavy atom. The van der Waals surface area contributed by atoms with Crippen LogP contribution in [0.3, 0.4) is 0 Å². The van der Waals surface area contributed by atoms with E-state index in [0.717, 1.165) is 56.6 Å². The molecule has 1 atom stereocenters. The van der Waals surface area contributed by atoms with E-state index in [2.05, 4.69) is 4.90 Å². The molecule has 2 aliphatic rings. The maximum absolute atomic E-state index is 13.9. The van der Waals surface area contributed by atoms with Crippen molar-refractivity contribution in [2.45, 2.75) is 63.2 Å². The second-order valence-corrected chi connectivity index (χ2v) is 11.6. The van der Waals surface area contributed by atoms with Gasteiger partial charge in [0.2, 0.25) is 11.8 Å². The lowest BCUT2D eigenvalue weighted by molar-refractivity contribution is -0.138. The van der Waals surface area contributed by atoms with Gasteiger partial charge >= 0.3 is 6.18 Å². The molecule has 2 amide bonds. The second kappa shape index (κ2) is 12.1. The second-order valence-electron chi connectivity index (χ2n) is 10.8. The van der Waals surface area contributed by atoms with E-state index in [1.54, 1.807) is 24.1 Å². The molecule has 5 nitrogen and oxygen atoms in total. The smallest absolute Gasteiger partial charge is 0.341 e. The third-order valence-corrected chi connectivity index (χ3v) is 8.85. The van der Waals surface area contributed by atoms with Gasteiger partial charge in [-0.3, -0.25) is 9.59 Å². The number of nitrogens with zero attached hydrogens (tertiary/aromatic N) is 3. The number of likely N-dealkylation sites (N-methyl/N-ethyl adjacent to an activating group) is 1. The number of carbonyl (C=O) groups excluding carboxylic acids is 2. The van der Waals surface area contributed by atoms with Crippen molar-refractivity contribution in [3.63, 3.8) is 0 Å². The molecule has 2 aromatic carbocycles. The number of halogens is 5. The van der Waals surface area contributed by atoms with Crippen LogP contribution < -0.4 is 0 Å². The Bertz CT molecular complexity index is 1180. The molecule has 212 valence electrons. The highest BCUT2D eigenvalue weighted by Gasteiger charge is 2.39. The van der Waals surface area contributed by atoms with Crippen LogP contribution in [0.25, 0.3) is 0 Å². The predicted octanol–water partition coefficient (Wildman–Crippen LogP) is 6.41. The molecule has 2 heterocycles. The van der Waals surface area contributed by atoms with Crippen molar-refractivity contribution in [2.24, 2.45) is 0 Å². The van der Waals surface area contributed by atoms with Gasteiger partial charge in [-0.05, 0) is 74.5 Å². The van der Waals surface area contributed by atoms with Gasteiger partial charge < -0.3 is 14.7 Å². The van der Waals surface area contributed by atoms with Crippen molar-refractivity contribution in [3.8, 4) is 0 Å². The molecule has 2 aromatic rings. The molecule has 0 aliphatic carbocycles. The molecule has 0 aromatic heterocycles. The van der Waals surface area contributed by atoms with E-state index in [9.17, 15) is 22.8 Å². The van der Waals surface area contributed by atoms with Crippen molar-refractivity contribution in [1.82, 2.24) is 14.7 Å². The molecule has 39 heavy (non-hydrogen) atoms. The van der Waals surface area contributed by atoms with Crippen LogP contribution in [-0.4, -0.2) is 65.8 Å². The number of benzene rings is 2. The fourth-order valence-electron chi connectivity index (χ4n) is 5.67. The number of likely N-dealkylation sites (tertiary alicyclic amines) is 2. The molecule has 10 heteroatoms. The fourth-order valence-corrected chi connectivity index (χ4v) is 5.97. The van der Waals surface area contributed by atoms with E-state index in [-0.39, 0.29) is 24.4 Å². The van der Waals surface area contributed by atoms with Crippen LogP contribution >= 0.6 is 23.2 Å². The van der Waals surface area contributed by atoms with Crippen molar-refractivity contribution >= 4 is 35.0 Å². The predicted molar refractivity (Wildman–Crippen MR) is 147 cm³/mol. The zero-order valence-electron chi connectivity index (χ0n) is 22.2. The summed E-state index contributed by atoms with van der Waals surface area (Å²) in [5.74, 6) is 0.0978. The van der Waals surface area contributed by atoms with Gasteiger partial charge in [0.05, 0.1) is 21.0 Å². The Hall–Kier alpha value is -2.29. The summed E-state index contributed by atoms with van der Waals surface area (Å²) in [6.45, 7) is 5.27. The Morgan fingerprint density at radius 3 is 2.21 bits per heavy atom. The van der Waals surface area contributed by atoms with E-state index in [4.69, 9.17) is 23.2 Å². The van der Waals surface area contributed by atoms with Crippen molar-refractivity contribution in [2.75, 3.05) is 33.2 Å². The van der Waals surface area contributed by atoms with Crippen molar-refractivity contribution < 1.29 is 22.8 Å². The molecular weight excluding hydrogens is 550 g/mol. The molecular formula is C29H34Cl2F3N3O2.